The zero-order chi connectivity index (χ0) is 19.2. The Hall–Kier alpha value is -3.35. The Labute approximate surface area is 156 Å². The van der Waals surface area contributed by atoms with Gasteiger partial charge in [0.1, 0.15) is 19.0 Å². The van der Waals surface area contributed by atoms with Crippen molar-refractivity contribution in [2.24, 2.45) is 0 Å². The maximum absolute atomic E-state index is 12.9. The Balaban J connectivity index is 1.54. The molecule has 3 rings (SSSR count). The van der Waals surface area contributed by atoms with E-state index >= 15 is 0 Å². The molecule has 27 heavy (non-hydrogen) atoms. The predicted molar refractivity (Wildman–Crippen MR) is 99.1 cm³/mol. The number of fused-ring (bicyclic) bond motifs is 1. The number of amides is 2. The Morgan fingerprint density at radius 2 is 1.81 bits per heavy atom. The van der Waals surface area contributed by atoms with Crippen LogP contribution in [-0.4, -0.2) is 43.5 Å². The first kappa shape index (κ1) is 18.4. The van der Waals surface area contributed by atoms with Crippen molar-refractivity contribution in [3.63, 3.8) is 0 Å². The molecule has 0 bridgehead atoms. The van der Waals surface area contributed by atoms with Crippen molar-refractivity contribution in [1.82, 2.24) is 4.90 Å². The fourth-order valence-corrected chi connectivity index (χ4v) is 2.49. The Morgan fingerprint density at radius 1 is 1.11 bits per heavy atom. The fourth-order valence-electron chi connectivity index (χ4n) is 2.49. The average Bonchev–Trinajstić information content (AvgIpc) is 2.67. The van der Waals surface area contributed by atoms with E-state index in [1.54, 1.807) is 18.2 Å². The van der Waals surface area contributed by atoms with Gasteiger partial charge < -0.3 is 19.7 Å². The van der Waals surface area contributed by atoms with Crippen molar-refractivity contribution in [2.75, 3.05) is 32.1 Å². The molecule has 0 saturated carbocycles. The van der Waals surface area contributed by atoms with Crippen LogP contribution in [0.2, 0.25) is 0 Å². The molecule has 2 amide bonds. The second-order valence-electron chi connectivity index (χ2n) is 5.99. The fraction of sp³-hybridized carbons (Fsp3) is 0.200. The minimum Gasteiger partial charge on any atom is -0.486 e. The summed E-state index contributed by atoms with van der Waals surface area (Å²) in [6.45, 7) is 0.887. The van der Waals surface area contributed by atoms with E-state index in [-0.39, 0.29) is 24.2 Å². The number of nitrogens with one attached hydrogen (secondary N) is 1. The first-order chi connectivity index (χ1) is 13.0. The molecule has 1 aliphatic rings. The highest BCUT2D eigenvalue weighted by Crippen LogP contribution is 2.31. The third kappa shape index (κ3) is 5.07. The number of carbonyl (C=O) groups is 2. The van der Waals surface area contributed by atoms with Gasteiger partial charge in [0.15, 0.2) is 11.5 Å². The highest BCUT2D eigenvalue weighted by Gasteiger charge is 2.13. The molecule has 1 N–H and O–H groups in total. The molecule has 1 heterocycles. The molecule has 1 aliphatic heterocycles. The number of ether oxygens (including phenoxy) is 2. The van der Waals surface area contributed by atoms with E-state index in [4.69, 9.17) is 9.47 Å². The minimum absolute atomic E-state index is 0.123. The lowest BCUT2D eigenvalue weighted by molar-refractivity contribution is -0.129. The van der Waals surface area contributed by atoms with Crippen molar-refractivity contribution in [3.05, 3.63) is 59.9 Å². The van der Waals surface area contributed by atoms with E-state index in [0.29, 0.717) is 30.4 Å². The van der Waals surface area contributed by atoms with Crippen molar-refractivity contribution in [1.29, 1.82) is 0 Å². The van der Waals surface area contributed by atoms with E-state index in [1.807, 2.05) is 6.07 Å². The smallest absolute Gasteiger partial charge is 0.246 e. The second-order valence-corrected chi connectivity index (χ2v) is 5.99. The molecule has 0 aromatic heterocycles. The van der Waals surface area contributed by atoms with Gasteiger partial charge >= 0.3 is 0 Å². The van der Waals surface area contributed by atoms with Crippen LogP contribution in [0.1, 0.15) is 5.56 Å². The topological polar surface area (TPSA) is 67.9 Å². The lowest BCUT2D eigenvalue weighted by Crippen LogP contribution is -2.33. The number of hydrogen-bond acceptors (Lipinski definition) is 4. The summed E-state index contributed by atoms with van der Waals surface area (Å²) >= 11 is 0. The van der Waals surface area contributed by atoms with Crippen LogP contribution >= 0.6 is 0 Å². The van der Waals surface area contributed by atoms with Gasteiger partial charge in [-0.25, -0.2) is 4.39 Å². The summed E-state index contributed by atoms with van der Waals surface area (Å²) < 4.78 is 23.8. The van der Waals surface area contributed by atoms with E-state index in [0.717, 1.165) is 5.56 Å². The highest BCUT2D eigenvalue weighted by molar-refractivity contribution is 5.97. The maximum atomic E-state index is 12.9. The van der Waals surface area contributed by atoms with Gasteiger partial charge in [0.05, 0.1) is 6.54 Å². The lowest BCUT2D eigenvalue weighted by atomic mass is 10.2. The molecule has 0 spiro atoms. The summed E-state index contributed by atoms with van der Waals surface area (Å²) in [6.07, 6.45) is 3.03. The molecule has 2 aromatic carbocycles. The van der Waals surface area contributed by atoms with Crippen LogP contribution in [0.4, 0.5) is 10.1 Å². The van der Waals surface area contributed by atoms with Crippen LogP contribution < -0.4 is 14.8 Å². The molecule has 6 nitrogen and oxygen atoms in total. The van der Waals surface area contributed by atoms with Crippen molar-refractivity contribution in [3.8, 4) is 11.5 Å². The Bertz CT molecular complexity index is 865. The summed E-state index contributed by atoms with van der Waals surface area (Å²) in [4.78, 5) is 25.5. The molecule has 0 fully saturated rings. The van der Waals surface area contributed by atoms with E-state index < -0.39 is 0 Å². The minimum atomic E-state index is -0.385. The van der Waals surface area contributed by atoms with Crippen LogP contribution in [0.5, 0.6) is 11.5 Å². The van der Waals surface area contributed by atoms with Gasteiger partial charge in [-0.1, -0.05) is 6.07 Å². The molecule has 0 radical (unpaired) electrons. The normalized spacial score (nSPS) is 12.7. The maximum Gasteiger partial charge on any atom is 0.246 e. The van der Waals surface area contributed by atoms with E-state index in [2.05, 4.69) is 5.32 Å². The lowest BCUT2D eigenvalue weighted by Gasteiger charge is -2.18. The van der Waals surface area contributed by atoms with Crippen LogP contribution in [0, 0.1) is 5.82 Å². The van der Waals surface area contributed by atoms with Gasteiger partial charge in [0.2, 0.25) is 11.8 Å². The van der Waals surface area contributed by atoms with Crippen molar-refractivity contribution < 1.29 is 23.5 Å². The SMILES string of the molecule is CN(CC(=O)Nc1ccc(F)cc1)C(=O)/C=C/c1ccc2c(c1)OCCO2. The Kier molecular flexibility index (Phi) is 5.71. The average molecular weight is 370 g/mol. The van der Waals surface area contributed by atoms with Crippen LogP contribution in [0.3, 0.4) is 0 Å². The quantitative estimate of drug-likeness (QED) is 0.822. The molecule has 140 valence electrons. The monoisotopic (exact) mass is 370 g/mol. The zero-order valence-corrected chi connectivity index (χ0v) is 14.8. The van der Waals surface area contributed by atoms with Gasteiger partial charge in [-0.3, -0.25) is 9.59 Å². The number of halogens is 1. The molecule has 0 aliphatic carbocycles. The van der Waals surface area contributed by atoms with Crippen molar-refractivity contribution in [2.45, 2.75) is 0 Å². The number of nitrogens with zero attached hydrogens (tertiary/aromatic N) is 1. The van der Waals surface area contributed by atoms with Gasteiger partial charge in [0.25, 0.3) is 0 Å². The first-order valence-electron chi connectivity index (χ1n) is 8.39. The molecular weight excluding hydrogens is 351 g/mol. The molecule has 0 unspecified atom stereocenters. The second kappa shape index (κ2) is 8.35. The van der Waals surface area contributed by atoms with Crippen LogP contribution in [0.15, 0.2) is 48.5 Å². The first-order valence-corrected chi connectivity index (χ1v) is 8.39. The largest absolute Gasteiger partial charge is 0.486 e. The number of benzene rings is 2. The highest BCUT2D eigenvalue weighted by atomic mass is 19.1. The molecule has 0 atom stereocenters. The number of anilines is 1. The van der Waals surface area contributed by atoms with E-state index in [1.165, 1.54) is 42.3 Å². The molecule has 7 heteroatoms. The number of carbonyl (C=O) groups excluding carboxylic acids is 2. The van der Waals surface area contributed by atoms with Gasteiger partial charge in [-0.15, -0.1) is 0 Å². The summed E-state index contributed by atoms with van der Waals surface area (Å²) in [5.41, 5.74) is 1.26. The van der Waals surface area contributed by atoms with Gasteiger partial charge in [0, 0.05) is 18.8 Å². The summed E-state index contributed by atoms with van der Waals surface area (Å²) in [6, 6.07) is 10.8. The van der Waals surface area contributed by atoms with Crippen LogP contribution in [0.25, 0.3) is 6.08 Å². The molecule has 2 aromatic rings. The number of likely N-dealkylation sites (N-methyl/N-ethyl adjacent to an activating group) is 1. The summed E-state index contributed by atoms with van der Waals surface area (Å²) in [5.74, 6) is 0.246. The molecular formula is C20H19FN2O4. The number of hydrogen-bond donors (Lipinski definition) is 1. The zero-order valence-electron chi connectivity index (χ0n) is 14.8. The summed E-state index contributed by atoms with van der Waals surface area (Å²) in [7, 11) is 1.53. The third-order valence-electron chi connectivity index (χ3n) is 3.87. The van der Waals surface area contributed by atoms with E-state index in [9.17, 15) is 14.0 Å². The Morgan fingerprint density at radius 3 is 2.56 bits per heavy atom. The molecule has 0 saturated heterocycles. The number of rotatable bonds is 5. The van der Waals surface area contributed by atoms with Gasteiger partial charge in [-0.2, -0.15) is 0 Å². The summed E-state index contributed by atoms with van der Waals surface area (Å²) in [5, 5.41) is 2.61. The van der Waals surface area contributed by atoms with Gasteiger partial charge in [-0.05, 0) is 48.0 Å². The van der Waals surface area contributed by atoms with Crippen molar-refractivity contribution >= 4 is 23.6 Å². The third-order valence-corrected chi connectivity index (χ3v) is 3.87. The standard InChI is InChI=1S/C20H19FN2O4/c1-23(13-19(24)22-16-6-4-15(21)5-7-16)20(25)9-3-14-2-8-17-18(12-14)27-11-10-26-17/h2-9,12H,10-11,13H2,1H3,(H,22,24)/b9-3+. The predicted octanol–water partition coefficient (Wildman–Crippen LogP) is 2.71. The van der Waals surface area contributed by atoms with Crippen LogP contribution in [-0.2, 0) is 9.59 Å².